The van der Waals surface area contributed by atoms with Crippen LogP contribution in [0.15, 0.2) is 28.7 Å². The molecule has 1 aromatic rings. The highest BCUT2D eigenvalue weighted by molar-refractivity contribution is 9.10. The molecule has 0 fully saturated rings. The van der Waals surface area contributed by atoms with E-state index in [0.717, 1.165) is 13.0 Å². The molecule has 1 unspecified atom stereocenters. The molecule has 0 radical (unpaired) electrons. The van der Waals surface area contributed by atoms with E-state index in [1.54, 1.807) is 0 Å². The molecule has 0 heterocycles. The first-order valence-corrected chi connectivity index (χ1v) is 4.99. The number of nitrogens with two attached hydrogens (primary N) is 1. The quantitative estimate of drug-likeness (QED) is 0.845. The minimum Gasteiger partial charge on any atom is -0.330 e. The molecular formula is C10H14BrN. The van der Waals surface area contributed by atoms with Gasteiger partial charge in [0.1, 0.15) is 0 Å². The molecule has 0 aliphatic carbocycles. The summed E-state index contributed by atoms with van der Waals surface area (Å²) in [5, 5.41) is 0. The van der Waals surface area contributed by atoms with E-state index in [1.165, 1.54) is 10.0 Å². The molecule has 0 spiro atoms. The highest BCUT2D eigenvalue weighted by atomic mass is 79.9. The van der Waals surface area contributed by atoms with Crippen LogP contribution in [0.3, 0.4) is 0 Å². The third kappa shape index (κ3) is 2.32. The van der Waals surface area contributed by atoms with Crippen molar-refractivity contribution in [2.24, 2.45) is 5.73 Å². The molecule has 1 aromatic carbocycles. The molecule has 2 N–H and O–H groups in total. The number of benzene rings is 1. The summed E-state index contributed by atoms with van der Waals surface area (Å²) in [6, 6.07) is 8.31. The Kier molecular flexibility index (Phi) is 3.76. The van der Waals surface area contributed by atoms with Crippen molar-refractivity contribution in [3.8, 4) is 0 Å². The van der Waals surface area contributed by atoms with Crippen molar-refractivity contribution in [3.05, 3.63) is 34.3 Å². The summed E-state index contributed by atoms with van der Waals surface area (Å²) in [6.07, 6.45) is 1.04. The zero-order valence-corrected chi connectivity index (χ0v) is 8.84. The summed E-state index contributed by atoms with van der Waals surface area (Å²) in [5.41, 5.74) is 6.85. The SMILES string of the molecule is CC(CCN)c1ccccc1Br. The normalized spacial score (nSPS) is 12.9. The average Bonchev–Trinajstić information content (AvgIpc) is 2.05. The predicted molar refractivity (Wildman–Crippen MR) is 56.2 cm³/mol. The van der Waals surface area contributed by atoms with Gasteiger partial charge >= 0.3 is 0 Å². The van der Waals surface area contributed by atoms with Crippen LogP contribution in [0.5, 0.6) is 0 Å². The first-order valence-electron chi connectivity index (χ1n) is 4.20. The Labute approximate surface area is 82.1 Å². The molecule has 0 saturated heterocycles. The predicted octanol–water partition coefficient (Wildman–Crippen LogP) is 2.90. The van der Waals surface area contributed by atoms with Crippen LogP contribution in [0.4, 0.5) is 0 Å². The lowest BCUT2D eigenvalue weighted by atomic mass is 9.98. The fourth-order valence-electron chi connectivity index (χ4n) is 1.28. The molecule has 66 valence electrons. The second kappa shape index (κ2) is 4.63. The highest BCUT2D eigenvalue weighted by Crippen LogP contribution is 2.26. The third-order valence-electron chi connectivity index (χ3n) is 2.04. The molecule has 0 bridgehead atoms. The maximum Gasteiger partial charge on any atom is 0.0210 e. The molecule has 0 saturated carbocycles. The van der Waals surface area contributed by atoms with Crippen LogP contribution < -0.4 is 5.73 Å². The maximum absolute atomic E-state index is 5.50. The highest BCUT2D eigenvalue weighted by Gasteiger charge is 2.06. The van der Waals surface area contributed by atoms with Crippen LogP contribution in [0.1, 0.15) is 24.8 Å². The second-order valence-electron chi connectivity index (χ2n) is 3.00. The lowest BCUT2D eigenvalue weighted by Gasteiger charge is -2.11. The van der Waals surface area contributed by atoms with Gasteiger partial charge in [-0.3, -0.25) is 0 Å². The lowest BCUT2D eigenvalue weighted by Crippen LogP contribution is -2.04. The molecule has 0 amide bonds. The van der Waals surface area contributed by atoms with Crippen LogP contribution in [-0.2, 0) is 0 Å². The van der Waals surface area contributed by atoms with Crippen molar-refractivity contribution in [1.82, 2.24) is 0 Å². The fraction of sp³-hybridized carbons (Fsp3) is 0.400. The summed E-state index contributed by atoms with van der Waals surface area (Å²) < 4.78 is 1.19. The summed E-state index contributed by atoms with van der Waals surface area (Å²) in [4.78, 5) is 0. The van der Waals surface area contributed by atoms with Crippen molar-refractivity contribution in [2.75, 3.05) is 6.54 Å². The van der Waals surface area contributed by atoms with Gasteiger partial charge in [-0.1, -0.05) is 41.1 Å². The zero-order chi connectivity index (χ0) is 8.97. The monoisotopic (exact) mass is 227 g/mol. The zero-order valence-electron chi connectivity index (χ0n) is 7.26. The number of halogens is 1. The smallest absolute Gasteiger partial charge is 0.0210 e. The first-order chi connectivity index (χ1) is 5.75. The van der Waals surface area contributed by atoms with E-state index in [0.29, 0.717) is 5.92 Å². The van der Waals surface area contributed by atoms with Crippen molar-refractivity contribution >= 4 is 15.9 Å². The Morgan fingerprint density at radius 2 is 2.08 bits per heavy atom. The van der Waals surface area contributed by atoms with Crippen molar-refractivity contribution in [3.63, 3.8) is 0 Å². The topological polar surface area (TPSA) is 26.0 Å². The molecule has 1 atom stereocenters. The maximum atomic E-state index is 5.50. The summed E-state index contributed by atoms with van der Waals surface area (Å²) in [7, 11) is 0. The van der Waals surface area contributed by atoms with Crippen molar-refractivity contribution in [1.29, 1.82) is 0 Å². The van der Waals surface area contributed by atoms with Gasteiger partial charge in [-0.2, -0.15) is 0 Å². The van der Waals surface area contributed by atoms with Crippen LogP contribution in [0, 0.1) is 0 Å². The van der Waals surface area contributed by atoms with Crippen LogP contribution in [-0.4, -0.2) is 6.54 Å². The first kappa shape index (κ1) is 9.75. The molecule has 2 heteroatoms. The molecule has 0 aliphatic rings. The molecule has 12 heavy (non-hydrogen) atoms. The van der Waals surface area contributed by atoms with E-state index in [4.69, 9.17) is 5.73 Å². The Hall–Kier alpha value is -0.340. The van der Waals surface area contributed by atoms with E-state index in [-0.39, 0.29) is 0 Å². The second-order valence-corrected chi connectivity index (χ2v) is 3.85. The number of rotatable bonds is 3. The number of hydrogen-bond acceptors (Lipinski definition) is 1. The van der Waals surface area contributed by atoms with Gasteiger partial charge in [-0.05, 0) is 30.5 Å². The van der Waals surface area contributed by atoms with Gasteiger partial charge in [0.25, 0.3) is 0 Å². The Morgan fingerprint density at radius 3 is 2.67 bits per heavy atom. The Bertz CT molecular complexity index is 247. The summed E-state index contributed by atoms with van der Waals surface area (Å²) >= 11 is 3.53. The van der Waals surface area contributed by atoms with Gasteiger partial charge in [0.2, 0.25) is 0 Å². The number of hydrogen-bond donors (Lipinski definition) is 1. The minimum absolute atomic E-state index is 0.547. The van der Waals surface area contributed by atoms with E-state index >= 15 is 0 Å². The molecule has 1 nitrogen and oxygen atoms in total. The lowest BCUT2D eigenvalue weighted by molar-refractivity contribution is 0.687. The van der Waals surface area contributed by atoms with Gasteiger partial charge in [0.15, 0.2) is 0 Å². The van der Waals surface area contributed by atoms with Gasteiger partial charge in [-0.15, -0.1) is 0 Å². The van der Waals surface area contributed by atoms with Crippen LogP contribution in [0.2, 0.25) is 0 Å². The average molecular weight is 228 g/mol. The summed E-state index contributed by atoms with van der Waals surface area (Å²) in [6.45, 7) is 2.95. The third-order valence-corrected chi connectivity index (χ3v) is 2.76. The van der Waals surface area contributed by atoms with Gasteiger partial charge < -0.3 is 5.73 Å². The van der Waals surface area contributed by atoms with Gasteiger partial charge in [-0.25, -0.2) is 0 Å². The Morgan fingerprint density at radius 1 is 1.42 bits per heavy atom. The van der Waals surface area contributed by atoms with Gasteiger partial charge in [0.05, 0.1) is 0 Å². The van der Waals surface area contributed by atoms with E-state index in [2.05, 4.69) is 41.1 Å². The molecular weight excluding hydrogens is 214 g/mol. The summed E-state index contributed by atoms with van der Waals surface area (Å²) in [5.74, 6) is 0.547. The molecule has 0 aromatic heterocycles. The molecule has 1 rings (SSSR count). The van der Waals surface area contributed by atoms with E-state index < -0.39 is 0 Å². The fourth-order valence-corrected chi connectivity index (χ4v) is 1.96. The van der Waals surface area contributed by atoms with Gasteiger partial charge in [0, 0.05) is 4.47 Å². The van der Waals surface area contributed by atoms with Crippen molar-refractivity contribution in [2.45, 2.75) is 19.3 Å². The largest absolute Gasteiger partial charge is 0.330 e. The minimum atomic E-state index is 0.547. The van der Waals surface area contributed by atoms with E-state index in [1.807, 2.05) is 6.07 Å². The van der Waals surface area contributed by atoms with Crippen LogP contribution >= 0.6 is 15.9 Å². The Balaban J connectivity index is 2.79. The van der Waals surface area contributed by atoms with Crippen molar-refractivity contribution < 1.29 is 0 Å². The van der Waals surface area contributed by atoms with Crippen LogP contribution in [0.25, 0.3) is 0 Å². The molecule has 0 aliphatic heterocycles. The standard InChI is InChI=1S/C10H14BrN/c1-8(6-7-12)9-4-2-3-5-10(9)11/h2-5,8H,6-7,12H2,1H3. The van der Waals surface area contributed by atoms with E-state index in [9.17, 15) is 0 Å².